The number of rotatable bonds is 2. The first-order valence-corrected chi connectivity index (χ1v) is 3.20. The second-order valence-corrected chi connectivity index (χ2v) is 2.15. The summed E-state index contributed by atoms with van der Waals surface area (Å²) in [4.78, 5) is 9.84. The Morgan fingerprint density at radius 3 is 2.89 bits per heavy atom. The van der Waals surface area contributed by atoms with Crippen molar-refractivity contribution >= 4 is 18.0 Å². The Hall–Kier alpha value is -0.770. The lowest BCUT2D eigenvalue weighted by Gasteiger charge is -1.82. The number of nitrogens with zero attached hydrogens (tertiary/aromatic N) is 2. The molecule has 0 fully saturated rings. The van der Waals surface area contributed by atoms with Gasteiger partial charge in [-0.2, -0.15) is 8.75 Å². The van der Waals surface area contributed by atoms with Crippen LogP contribution in [0, 0.1) is 6.92 Å². The minimum atomic E-state index is 0.266. The SMILES string of the molecule is Cc1nsnc1C[C]=O. The lowest BCUT2D eigenvalue weighted by Crippen LogP contribution is -1.87. The maximum absolute atomic E-state index is 9.84. The van der Waals surface area contributed by atoms with E-state index < -0.39 is 0 Å². The Labute approximate surface area is 57.0 Å². The molecule has 0 amide bonds. The van der Waals surface area contributed by atoms with Crippen molar-refractivity contribution in [2.75, 3.05) is 0 Å². The Bertz CT molecular complexity index is 208. The van der Waals surface area contributed by atoms with Crippen LogP contribution in [-0.4, -0.2) is 15.0 Å². The van der Waals surface area contributed by atoms with Crippen LogP contribution < -0.4 is 0 Å². The predicted molar refractivity (Wildman–Crippen MR) is 34.0 cm³/mol. The molecule has 0 saturated carbocycles. The van der Waals surface area contributed by atoms with E-state index in [4.69, 9.17) is 0 Å². The fourth-order valence-corrected chi connectivity index (χ4v) is 1.04. The highest BCUT2D eigenvalue weighted by Gasteiger charge is 2.00. The first kappa shape index (κ1) is 6.35. The summed E-state index contributed by atoms with van der Waals surface area (Å²) in [5.41, 5.74) is 1.58. The maximum atomic E-state index is 9.84. The van der Waals surface area contributed by atoms with Crippen molar-refractivity contribution in [3.05, 3.63) is 11.4 Å². The van der Waals surface area contributed by atoms with Gasteiger partial charge in [0, 0.05) is 0 Å². The van der Waals surface area contributed by atoms with E-state index >= 15 is 0 Å². The molecular formula is C5H5N2OS. The molecule has 0 saturated heterocycles. The molecule has 0 aliphatic carbocycles. The van der Waals surface area contributed by atoms with E-state index in [1.165, 1.54) is 0 Å². The van der Waals surface area contributed by atoms with Crippen LogP contribution in [0.15, 0.2) is 0 Å². The van der Waals surface area contributed by atoms with E-state index in [1.54, 1.807) is 6.29 Å². The fraction of sp³-hybridized carbons (Fsp3) is 0.400. The Kier molecular flexibility index (Phi) is 1.89. The summed E-state index contributed by atoms with van der Waals surface area (Å²) in [6.45, 7) is 1.83. The molecule has 0 aromatic carbocycles. The summed E-state index contributed by atoms with van der Waals surface area (Å²) in [6.07, 6.45) is 2.03. The minimum absolute atomic E-state index is 0.266. The van der Waals surface area contributed by atoms with Crippen molar-refractivity contribution in [1.82, 2.24) is 8.75 Å². The Balaban J connectivity index is 2.80. The highest BCUT2D eigenvalue weighted by atomic mass is 32.1. The van der Waals surface area contributed by atoms with Gasteiger partial charge < -0.3 is 0 Å². The van der Waals surface area contributed by atoms with Gasteiger partial charge in [-0.15, -0.1) is 0 Å². The normalized spacial score (nSPS) is 9.44. The average Bonchev–Trinajstić information content (AvgIpc) is 2.18. The van der Waals surface area contributed by atoms with Gasteiger partial charge in [0.1, 0.15) is 0 Å². The molecule has 1 aromatic rings. The van der Waals surface area contributed by atoms with Crippen LogP contribution >= 0.6 is 11.7 Å². The molecule has 47 valence electrons. The molecule has 1 rings (SSSR count). The molecule has 0 bridgehead atoms. The number of aromatic nitrogens is 2. The molecule has 1 heterocycles. The number of hydrogen-bond acceptors (Lipinski definition) is 4. The van der Waals surface area contributed by atoms with Crippen LogP contribution in [0.3, 0.4) is 0 Å². The summed E-state index contributed by atoms with van der Waals surface area (Å²) < 4.78 is 7.76. The van der Waals surface area contributed by atoms with Crippen molar-refractivity contribution in [3.63, 3.8) is 0 Å². The lowest BCUT2D eigenvalue weighted by molar-refractivity contribution is 0.554. The zero-order valence-corrected chi connectivity index (χ0v) is 5.73. The summed E-state index contributed by atoms with van der Waals surface area (Å²) in [6, 6.07) is 0. The summed E-state index contributed by atoms with van der Waals surface area (Å²) in [7, 11) is 0. The third-order valence-corrected chi connectivity index (χ3v) is 1.64. The molecular weight excluding hydrogens is 136 g/mol. The second-order valence-electron chi connectivity index (χ2n) is 1.62. The topological polar surface area (TPSA) is 42.9 Å². The first-order chi connectivity index (χ1) is 4.34. The van der Waals surface area contributed by atoms with Gasteiger partial charge in [-0.1, -0.05) is 0 Å². The molecule has 1 radical (unpaired) electrons. The van der Waals surface area contributed by atoms with E-state index in [-0.39, 0.29) is 6.42 Å². The lowest BCUT2D eigenvalue weighted by atomic mass is 10.3. The van der Waals surface area contributed by atoms with Crippen LogP contribution in [-0.2, 0) is 11.2 Å². The first-order valence-electron chi connectivity index (χ1n) is 2.47. The van der Waals surface area contributed by atoms with Crippen LogP contribution in [0.1, 0.15) is 11.4 Å². The van der Waals surface area contributed by atoms with E-state index in [0.717, 1.165) is 23.1 Å². The van der Waals surface area contributed by atoms with Crippen LogP contribution in [0.4, 0.5) is 0 Å². The fourth-order valence-electron chi connectivity index (χ4n) is 0.478. The monoisotopic (exact) mass is 141 g/mol. The Morgan fingerprint density at radius 2 is 2.44 bits per heavy atom. The third-order valence-electron chi connectivity index (χ3n) is 0.986. The smallest absolute Gasteiger partial charge is 0.204 e. The van der Waals surface area contributed by atoms with E-state index in [9.17, 15) is 4.79 Å². The Morgan fingerprint density at radius 1 is 1.67 bits per heavy atom. The quantitative estimate of drug-likeness (QED) is 0.602. The third kappa shape index (κ3) is 1.32. The molecule has 9 heavy (non-hydrogen) atoms. The molecule has 0 N–H and O–H groups in total. The number of aryl methyl sites for hydroxylation is 1. The van der Waals surface area contributed by atoms with Gasteiger partial charge in [0.05, 0.1) is 29.5 Å². The minimum Gasteiger partial charge on any atom is -0.290 e. The van der Waals surface area contributed by atoms with Crippen LogP contribution in [0.25, 0.3) is 0 Å². The van der Waals surface area contributed by atoms with E-state index in [1.807, 2.05) is 6.92 Å². The zero-order chi connectivity index (χ0) is 6.69. The largest absolute Gasteiger partial charge is 0.290 e. The van der Waals surface area contributed by atoms with Gasteiger partial charge in [0.2, 0.25) is 6.29 Å². The van der Waals surface area contributed by atoms with Crippen LogP contribution in [0.2, 0.25) is 0 Å². The van der Waals surface area contributed by atoms with Gasteiger partial charge in [-0.3, -0.25) is 4.79 Å². The van der Waals surface area contributed by atoms with Crippen molar-refractivity contribution in [2.45, 2.75) is 13.3 Å². The molecule has 0 spiro atoms. The van der Waals surface area contributed by atoms with E-state index in [2.05, 4.69) is 8.75 Å². The molecule has 0 unspecified atom stereocenters. The number of carbonyl (C=O) groups excluding carboxylic acids is 1. The second kappa shape index (κ2) is 2.68. The molecule has 0 aliphatic heterocycles. The van der Waals surface area contributed by atoms with Gasteiger partial charge in [0.25, 0.3) is 0 Å². The van der Waals surface area contributed by atoms with Crippen molar-refractivity contribution in [2.24, 2.45) is 0 Å². The molecule has 4 heteroatoms. The van der Waals surface area contributed by atoms with Crippen molar-refractivity contribution in [3.8, 4) is 0 Å². The highest BCUT2D eigenvalue weighted by molar-refractivity contribution is 6.99. The van der Waals surface area contributed by atoms with Crippen molar-refractivity contribution in [1.29, 1.82) is 0 Å². The predicted octanol–water partition coefficient (Wildman–Crippen LogP) is 0.499. The molecule has 3 nitrogen and oxygen atoms in total. The number of hydrogen-bond donors (Lipinski definition) is 0. The van der Waals surface area contributed by atoms with Gasteiger partial charge in [0.15, 0.2) is 0 Å². The van der Waals surface area contributed by atoms with Gasteiger partial charge in [-0.25, -0.2) is 0 Å². The summed E-state index contributed by atoms with van der Waals surface area (Å²) in [5, 5.41) is 0. The average molecular weight is 141 g/mol. The van der Waals surface area contributed by atoms with E-state index in [0.29, 0.717) is 0 Å². The summed E-state index contributed by atoms with van der Waals surface area (Å²) in [5.74, 6) is 0. The molecule has 0 atom stereocenters. The zero-order valence-electron chi connectivity index (χ0n) is 4.92. The highest BCUT2D eigenvalue weighted by Crippen LogP contribution is 2.02. The van der Waals surface area contributed by atoms with Crippen LogP contribution in [0.5, 0.6) is 0 Å². The molecule has 0 aliphatic rings. The van der Waals surface area contributed by atoms with Gasteiger partial charge >= 0.3 is 0 Å². The standard InChI is InChI=1S/C5H5N2OS/c1-4-5(2-3-8)7-9-6-4/h2H2,1H3. The molecule has 1 aromatic heterocycles. The summed E-state index contributed by atoms with van der Waals surface area (Å²) >= 11 is 1.13. The maximum Gasteiger partial charge on any atom is 0.204 e. The van der Waals surface area contributed by atoms with Crippen molar-refractivity contribution < 1.29 is 4.79 Å². The van der Waals surface area contributed by atoms with Gasteiger partial charge in [-0.05, 0) is 6.92 Å².